The molecule has 0 bridgehead atoms. The van der Waals surface area contributed by atoms with Crippen LogP contribution in [0, 0.1) is 0 Å². The van der Waals surface area contributed by atoms with Crippen molar-refractivity contribution >= 4 is 16.3 Å². The molecule has 0 saturated heterocycles. The third-order valence-electron chi connectivity index (χ3n) is 1.91. The molecule has 0 aliphatic heterocycles. The zero-order chi connectivity index (χ0) is 12.9. The molecule has 0 radical (unpaired) electrons. The SMILES string of the molecule is CN(C)S(=O)(=O)NC(=O)OCc1ccccc1. The molecule has 1 aromatic rings. The number of ether oxygens (including phenoxy) is 1. The van der Waals surface area contributed by atoms with E-state index in [9.17, 15) is 13.2 Å². The van der Waals surface area contributed by atoms with E-state index in [2.05, 4.69) is 0 Å². The van der Waals surface area contributed by atoms with Crippen LogP contribution in [-0.4, -0.2) is 32.9 Å². The first-order valence-electron chi connectivity index (χ1n) is 4.83. The molecule has 0 fully saturated rings. The molecular formula is C10H14N2O4S. The highest BCUT2D eigenvalue weighted by molar-refractivity contribution is 7.87. The summed E-state index contributed by atoms with van der Waals surface area (Å²) in [5.41, 5.74) is 0.782. The van der Waals surface area contributed by atoms with Crippen molar-refractivity contribution < 1.29 is 17.9 Å². The Balaban J connectivity index is 2.47. The van der Waals surface area contributed by atoms with Crippen molar-refractivity contribution in [2.75, 3.05) is 14.1 Å². The Morgan fingerprint density at radius 1 is 1.29 bits per heavy atom. The third kappa shape index (κ3) is 4.41. The molecule has 0 unspecified atom stereocenters. The Morgan fingerprint density at radius 3 is 2.41 bits per heavy atom. The van der Waals surface area contributed by atoms with E-state index in [1.165, 1.54) is 14.1 Å². The predicted octanol–water partition coefficient (Wildman–Crippen LogP) is 0.719. The van der Waals surface area contributed by atoms with Gasteiger partial charge >= 0.3 is 16.3 Å². The van der Waals surface area contributed by atoms with E-state index < -0.39 is 16.3 Å². The van der Waals surface area contributed by atoms with Crippen molar-refractivity contribution in [1.29, 1.82) is 0 Å². The van der Waals surface area contributed by atoms with Crippen molar-refractivity contribution in [3.63, 3.8) is 0 Å². The van der Waals surface area contributed by atoms with E-state index in [1.807, 2.05) is 6.07 Å². The summed E-state index contributed by atoms with van der Waals surface area (Å²) in [5, 5.41) is 0. The maximum absolute atomic E-state index is 11.3. The first-order chi connectivity index (χ1) is 7.92. The molecule has 0 atom stereocenters. The van der Waals surface area contributed by atoms with Gasteiger partial charge in [0, 0.05) is 14.1 Å². The Labute approximate surface area is 100 Å². The van der Waals surface area contributed by atoms with Gasteiger partial charge in [-0.2, -0.15) is 12.7 Å². The normalized spacial score (nSPS) is 11.2. The lowest BCUT2D eigenvalue weighted by molar-refractivity contribution is 0.145. The van der Waals surface area contributed by atoms with Gasteiger partial charge < -0.3 is 4.74 Å². The summed E-state index contributed by atoms with van der Waals surface area (Å²) < 4.78 is 29.9. The van der Waals surface area contributed by atoms with Gasteiger partial charge in [0.05, 0.1) is 0 Å². The van der Waals surface area contributed by atoms with E-state index in [0.717, 1.165) is 9.87 Å². The van der Waals surface area contributed by atoms with Crippen molar-refractivity contribution in [2.24, 2.45) is 0 Å². The van der Waals surface area contributed by atoms with Gasteiger partial charge in [-0.05, 0) is 5.56 Å². The van der Waals surface area contributed by atoms with Gasteiger partial charge in [-0.15, -0.1) is 0 Å². The second-order valence-electron chi connectivity index (χ2n) is 3.45. The fourth-order valence-corrected chi connectivity index (χ4v) is 1.40. The summed E-state index contributed by atoms with van der Waals surface area (Å²) in [6.45, 7) is 0.0234. The zero-order valence-corrected chi connectivity index (χ0v) is 10.4. The van der Waals surface area contributed by atoms with Gasteiger partial charge in [-0.1, -0.05) is 30.3 Å². The molecule has 0 saturated carbocycles. The van der Waals surface area contributed by atoms with E-state index in [-0.39, 0.29) is 6.61 Å². The van der Waals surface area contributed by atoms with Crippen LogP contribution >= 0.6 is 0 Å². The van der Waals surface area contributed by atoms with Crippen molar-refractivity contribution in [3.05, 3.63) is 35.9 Å². The lowest BCUT2D eigenvalue weighted by atomic mass is 10.2. The van der Waals surface area contributed by atoms with Crippen molar-refractivity contribution in [1.82, 2.24) is 9.03 Å². The summed E-state index contributed by atoms with van der Waals surface area (Å²) in [7, 11) is -1.17. The Kier molecular flexibility index (Phi) is 4.47. The molecule has 0 heterocycles. The summed E-state index contributed by atoms with van der Waals surface area (Å²) in [5.74, 6) is 0. The monoisotopic (exact) mass is 258 g/mol. The van der Waals surface area contributed by atoms with Crippen LogP contribution in [0.25, 0.3) is 0 Å². The van der Waals surface area contributed by atoms with Crippen LogP contribution in [0.3, 0.4) is 0 Å². The highest BCUT2D eigenvalue weighted by atomic mass is 32.2. The lowest BCUT2D eigenvalue weighted by Crippen LogP contribution is -2.39. The van der Waals surface area contributed by atoms with Crippen LogP contribution in [0.5, 0.6) is 0 Å². The summed E-state index contributed by atoms with van der Waals surface area (Å²) in [6.07, 6.45) is -0.998. The molecule has 0 aliphatic rings. The molecule has 6 nitrogen and oxygen atoms in total. The molecule has 1 aromatic carbocycles. The van der Waals surface area contributed by atoms with Gasteiger partial charge in [0.2, 0.25) is 0 Å². The predicted molar refractivity (Wildman–Crippen MR) is 62.4 cm³/mol. The number of carbonyl (C=O) groups excluding carboxylic acids is 1. The maximum Gasteiger partial charge on any atom is 0.422 e. The quantitative estimate of drug-likeness (QED) is 0.863. The number of carbonyl (C=O) groups is 1. The van der Waals surface area contributed by atoms with Crippen LogP contribution in [0.2, 0.25) is 0 Å². The maximum atomic E-state index is 11.3. The molecular weight excluding hydrogens is 244 g/mol. The highest BCUT2D eigenvalue weighted by Crippen LogP contribution is 2.01. The molecule has 0 spiro atoms. The minimum atomic E-state index is -3.79. The Morgan fingerprint density at radius 2 is 1.88 bits per heavy atom. The fourth-order valence-electron chi connectivity index (χ4n) is 0.949. The molecule has 1 amide bonds. The molecule has 7 heteroatoms. The molecule has 0 aliphatic carbocycles. The summed E-state index contributed by atoms with van der Waals surface area (Å²) >= 11 is 0. The van der Waals surface area contributed by atoms with Gasteiger partial charge in [-0.25, -0.2) is 9.52 Å². The summed E-state index contributed by atoms with van der Waals surface area (Å²) in [4.78, 5) is 11.2. The number of amides is 1. The van der Waals surface area contributed by atoms with Crippen molar-refractivity contribution in [2.45, 2.75) is 6.61 Å². The standard InChI is InChI=1S/C10H14N2O4S/c1-12(2)17(14,15)11-10(13)16-8-9-6-4-3-5-7-9/h3-7H,8H2,1-2H3,(H,11,13). The molecule has 94 valence electrons. The fraction of sp³-hybridized carbons (Fsp3) is 0.300. The lowest BCUT2D eigenvalue weighted by Gasteiger charge is -2.12. The number of hydrogen-bond donors (Lipinski definition) is 1. The Hall–Kier alpha value is -1.60. The van der Waals surface area contributed by atoms with E-state index in [0.29, 0.717) is 0 Å². The first-order valence-corrected chi connectivity index (χ1v) is 6.27. The van der Waals surface area contributed by atoms with Crippen LogP contribution < -0.4 is 4.72 Å². The summed E-state index contributed by atoms with van der Waals surface area (Å²) in [6, 6.07) is 8.97. The average molecular weight is 258 g/mol. The van der Waals surface area contributed by atoms with Crippen LogP contribution in [-0.2, 0) is 21.6 Å². The largest absolute Gasteiger partial charge is 0.444 e. The minimum Gasteiger partial charge on any atom is -0.444 e. The van der Waals surface area contributed by atoms with Gasteiger partial charge in [0.15, 0.2) is 0 Å². The molecule has 0 aromatic heterocycles. The van der Waals surface area contributed by atoms with Gasteiger partial charge in [0.25, 0.3) is 0 Å². The topological polar surface area (TPSA) is 75.7 Å². The number of nitrogens with zero attached hydrogens (tertiary/aromatic N) is 1. The van der Waals surface area contributed by atoms with E-state index in [4.69, 9.17) is 4.74 Å². The van der Waals surface area contributed by atoms with Gasteiger partial charge in [0.1, 0.15) is 6.61 Å². The minimum absolute atomic E-state index is 0.0234. The highest BCUT2D eigenvalue weighted by Gasteiger charge is 2.17. The number of hydrogen-bond acceptors (Lipinski definition) is 4. The first kappa shape index (κ1) is 13.5. The molecule has 17 heavy (non-hydrogen) atoms. The van der Waals surface area contributed by atoms with E-state index in [1.54, 1.807) is 29.0 Å². The van der Waals surface area contributed by atoms with E-state index >= 15 is 0 Å². The second kappa shape index (κ2) is 5.65. The third-order valence-corrected chi connectivity index (χ3v) is 3.29. The number of benzene rings is 1. The molecule has 1 rings (SSSR count). The van der Waals surface area contributed by atoms with Crippen LogP contribution in [0.1, 0.15) is 5.56 Å². The molecule has 1 N–H and O–H groups in total. The number of rotatable bonds is 4. The zero-order valence-electron chi connectivity index (χ0n) is 9.58. The van der Waals surface area contributed by atoms with Crippen LogP contribution in [0.15, 0.2) is 30.3 Å². The van der Waals surface area contributed by atoms with Gasteiger partial charge in [-0.3, -0.25) is 0 Å². The smallest absolute Gasteiger partial charge is 0.422 e. The second-order valence-corrected chi connectivity index (χ2v) is 5.34. The van der Waals surface area contributed by atoms with Crippen LogP contribution in [0.4, 0.5) is 4.79 Å². The average Bonchev–Trinajstić information content (AvgIpc) is 2.27. The number of nitrogens with one attached hydrogen (secondary N) is 1. The Bertz CT molecular complexity index is 470. The van der Waals surface area contributed by atoms with Crippen molar-refractivity contribution in [3.8, 4) is 0 Å².